The lowest BCUT2D eigenvalue weighted by Crippen LogP contribution is -2.18. The van der Waals surface area contributed by atoms with Crippen LogP contribution in [0, 0.1) is 5.92 Å². The molecule has 1 aliphatic carbocycles. The molecule has 0 N–H and O–H groups in total. The predicted molar refractivity (Wildman–Crippen MR) is 70.5 cm³/mol. The topological polar surface area (TPSA) is 17.1 Å². The zero-order chi connectivity index (χ0) is 11.7. The molecule has 0 amide bonds. The van der Waals surface area contributed by atoms with Crippen molar-refractivity contribution in [3.05, 3.63) is 57.8 Å². The van der Waals surface area contributed by atoms with Crippen molar-refractivity contribution in [1.29, 1.82) is 0 Å². The van der Waals surface area contributed by atoms with E-state index in [0.29, 0.717) is 5.92 Å². The SMILES string of the molecule is O=C[C@H]1Cc2ccsc2[C@@H](c2ccccc2)C1. The van der Waals surface area contributed by atoms with Gasteiger partial charge in [-0.3, -0.25) is 0 Å². The molecule has 0 saturated carbocycles. The van der Waals surface area contributed by atoms with Crippen molar-refractivity contribution >= 4 is 17.6 Å². The number of benzene rings is 1. The van der Waals surface area contributed by atoms with Gasteiger partial charge in [0.1, 0.15) is 6.29 Å². The minimum absolute atomic E-state index is 0.183. The van der Waals surface area contributed by atoms with Gasteiger partial charge in [-0.15, -0.1) is 11.3 Å². The molecule has 0 saturated heterocycles. The minimum atomic E-state index is 0.183. The molecule has 2 aromatic rings. The van der Waals surface area contributed by atoms with Crippen LogP contribution in [-0.2, 0) is 11.2 Å². The van der Waals surface area contributed by atoms with E-state index >= 15 is 0 Å². The summed E-state index contributed by atoms with van der Waals surface area (Å²) in [6.45, 7) is 0. The largest absolute Gasteiger partial charge is 0.303 e. The van der Waals surface area contributed by atoms with Gasteiger partial charge in [-0.05, 0) is 35.4 Å². The summed E-state index contributed by atoms with van der Waals surface area (Å²) in [5, 5.41) is 2.15. The Morgan fingerprint density at radius 1 is 1.18 bits per heavy atom. The fourth-order valence-electron chi connectivity index (χ4n) is 2.67. The standard InChI is InChI=1S/C15H14OS/c16-10-11-8-13-6-7-17-15(13)14(9-11)12-4-2-1-3-5-12/h1-7,10-11,14H,8-9H2/t11-,14+/m0/s1. The molecule has 0 fully saturated rings. The first kappa shape index (κ1) is 10.7. The average Bonchev–Trinajstić information content (AvgIpc) is 2.86. The highest BCUT2D eigenvalue weighted by Crippen LogP contribution is 2.41. The Morgan fingerprint density at radius 3 is 2.76 bits per heavy atom. The second-order valence-corrected chi connectivity index (χ2v) is 5.56. The molecule has 17 heavy (non-hydrogen) atoms. The summed E-state index contributed by atoms with van der Waals surface area (Å²) in [7, 11) is 0. The van der Waals surface area contributed by atoms with Crippen LogP contribution in [0.4, 0.5) is 0 Å². The molecule has 3 rings (SSSR count). The highest BCUT2D eigenvalue weighted by molar-refractivity contribution is 7.10. The molecule has 1 heterocycles. The number of hydrogen-bond acceptors (Lipinski definition) is 2. The van der Waals surface area contributed by atoms with Gasteiger partial charge in [0, 0.05) is 16.7 Å². The molecule has 1 aromatic heterocycles. The van der Waals surface area contributed by atoms with Gasteiger partial charge in [-0.2, -0.15) is 0 Å². The average molecular weight is 242 g/mol. The number of rotatable bonds is 2. The second kappa shape index (κ2) is 4.46. The van der Waals surface area contributed by atoms with Crippen LogP contribution >= 0.6 is 11.3 Å². The van der Waals surface area contributed by atoms with Crippen molar-refractivity contribution in [1.82, 2.24) is 0 Å². The molecule has 1 aliphatic rings. The monoisotopic (exact) mass is 242 g/mol. The van der Waals surface area contributed by atoms with Crippen LogP contribution < -0.4 is 0 Å². The number of hydrogen-bond donors (Lipinski definition) is 0. The van der Waals surface area contributed by atoms with Gasteiger partial charge in [0.25, 0.3) is 0 Å². The number of aldehydes is 1. The lowest BCUT2D eigenvalue weighted by Gasteiger charge is -2.26. The summed E-state index contributed by atoms with van der Waals surface area (Å²) in [6, 6.07) is 12.7. The molecule has 0 aliphatic heterocycles. The van der Waals surface area contributed by atoms with Crippen molar-refractivity contribution in [3.63, 3.8) is 0 Å². The van der Waals surface area contributed by atoms with Gasteiger partial charge in [-0.25, -0.2) is 0 Å². The van der Waals surface area contributed by atoms with E-state index in [1.165, 1.54) is 16.0 Å². The molecular formula is C15H14OS. The molecule has 0 spiro atoms. The van der Waals surface area contributed by atoms with E-state index in [4.69, 9.17) is 0 Å². The van der Waals surface area contributed by atoms with Crippen molar-refractivity contribution in [2.75, 3.05) is 0 Å². The maximum absolute atomic E-state index is 11.1. The summed E-state index contributed by atoms with van der Waals surface area (Å²) < 4.78 is 0. The number of thiophene rings is 1. The van der Waals surface area contributed by atoms with Crippen molar-refractivity contribution in [2.24, 2.45) is 5.92 Å². The fraction of sp³-hybridized carbons (Fsp3) is 0.267. The Hall–Kier alpha value is -1.41. The summed E-state index contributed by atoms with van der Waals surface area (Å²) in [5.41, 5.74) is 2.70. The van der Waals surface area contributed by atoms with Gasteiger partial charge in [0.15, 0.2) is 0 Å². The fourth-order valence-corrected chi connectivity index (χ4v) is 3.75. The molecule has 1 aromatic carbocycles. The van der Waals surface area contributed by atoms with E-state index in [9.17, 15) is 4.79 Å². The van der Waals surface area contributed by atoms with Crippen LogP contribution in [0.5, 0.6) is 0 Å². The van der Waals surface area contributed by atoms with Gasteiger partial charge in [0.05, 0.1) is 0 Å². The van der Waals surface area contributed by atoms with Crippen molar-refractivity contribution in [2.45, 2.75) is 18.8 Å². The minimum Gasteiger partial charge on any atom is -0.303 e. The highest BCUT2D eigenvalue weighted by atomic mass is 32.1. The molecular weight excluding hydrogens is 228 g/mol. The van der Waals surface area contributed by atoms with E-state index in [0.717, 1.165) is 19.1 Å². The Kier molecular flexibility index (Phi) is 2.81. The maximum Gasteiger partial charge on any atom is 0.123 e. The van der Waals surface area contributed by atoms with E-state index in [1.54, 1.807) is 0 Å². The van der Waals surface area contributed by atoms with E-state index in [-0.39, 0.29) is 5.92 Å². The van der Waals surface area contributed by atoms with Crippen LogP contribution in [0.2, 0.25) is 0 Å². The molecule has 2 heteroatoms. The number of carbonyl (C=O) groups is 1. The van der Waals surface area contributed by atoms with Crippen molar-refractivity contribution < 1.29 is 4.79 Å². The zero-order valence-electron chi connectivity index (χ0n) is 9.50. The lowest BCUT2D eigenvalue weighted by atomic mass is 9.79. The maximum atomic E-state index is 11.1. The van der Waals surface area contributed by atoms with E-state index in [1.807, 2.05) is 17.4 Å². The first-order chi connectivity index (χ1) is 8.38. The number of carbonyl (C=O) groups excluding carboxylic acids is 1. The molecule has 2 atom stereocenters. The first-order valence-corrected chi connectivity index (χ1v) is 6.83. The Balaban J connectivity index is 2.03. The summed E-state index contributed by atoms with van der Waals surface area (Å²) in [5.74, 6) is 0.595. The normalized spacial score (nSPS) is 23.1. The Morgan fingerprint density at radius 2 is 2.00 bits per heavy atom. The van der Waals surface area contributed by atoms with Crippen LogP contribution in [0.1, 0.15) is 28.3 Å². The van der Waals surface area contributed by atoms with Crippen LogP contribution in [0.15, 0.2) is 41.8 Å². The molecule has 0 radical (unpaired) electrons. The third-order valence-corrected chi connectivity index (χ3v) is 4.58. The molecule has 1 nitrogen and oxygen atoms in total. The van der Waals surface area contributed by atoms with Crippen LogP contribution in [-0.4, -0.2) is 6.29 Å². The van der Waals surface area contributed by atoms with Gasteiger partial charge >= 0.3 is 0 Å². The third-order valence-electron chi connectivity index (χ3n) is 3.51. The van der Waals surface area contributed by atoms with Crippen LogP contribution in [0.3, 0.4) is 0 Å². The number of fused-ring (bicyclic) bond motifs is 1. The molecule has 0 unspecified atom stereocenters. The summed E-state index contributed by atoms with van der Waals surface area (Å²) in [4.78, 5) is 12.5. The van der Waals surface area contributed by atoms with Crippen LogP contribution in [0.25, 0.3) is 0 Å². The van der Waals surface area contributed by atoms with Crippen molar-refractivity contribution in [3.8, 4) is 0 Å². The Bertz CT molecular complexity index is 515. The van der Waals surface area contributed by atoms with E-state index in [2.05, 4.69) is 35.7 Å². The quantitative estimate of drug-likeness (QED) is 0.735. The summed E-state index contributed by atoms with van der Waals surface area (Å²) >= 11 is 1.82. The lowest BCUT2D eigenvalue weighted by molar-refractivity contribution is -0.111. The second-order valence-electron chi connectivity index (χ2n) is 4.61. The zero-order valence-corrected chi connectivity index (χ0v) is 10.3. The predicted octanol–water partition coefficient (Wildman–Crippen LogP) is 3.64. The summed E-state index contributed by atoms with van der Waals surface area (Å²) in [6.07, 6.45) is 3.00. The van der Waals surface area contributed by atoms with Gasteiger partial charge < -0.3 is 4.79 Å². The molecule has 0 bridgehead atoms. The Labute approximate surface area is 105 Å². The molecule has 86 valence electrons. The van der Waals surface area contributed by atoms with Gasteiger partial charge in [0.2, 0.25) is 0 Å². The van der Waals surface area contributed by atoms with Gasteiger partial charge in [-0.1, -0.05) is 30.3 Å². The first-order valence-electron chi connectivity index (χ1n) is 5.95. The third kappa shape index (κ3) is 1.93. The smallest absolute Gasteiger partial charge is 0.123 e. The van der Waals surface area contributed by atoms with E-state index < -0.39 is 0 Å². The highest BCUT2D eigenvalue weighted by Gasteiger charge is 2.28.